The number of carbonyl (C=O) groups is 2. The molecule has 7 heteroatoms. The first-order valence-electron chi connectivity index (χ1n) is 8.08. The lowest BCUT2D eigenvalue weighted by Gasteiger charge is -2.33. The van der Waals surface area contributed by atoms with E-state index in [4.69, 9.17) is 5.73 Å². The number of halogens is 2. The third-order valence-electron chi connectivity index (χ3n) is 4.75. The van der Waals surface area contributed by atoms with E-state index in [0.717, 1.165) is 18.4 Å². The van der Waals surface area contributed by atoms with Crippen LogP contribution in [0.25, 0.3) is 0 Å². The summed E-state index contributed by atoms with van der Waals surface area (Å²) in [5.41, 5.74) is 6.18. The second kappa shape index (κ2) is 7.49. The molecule has 1 aromatic carbocycles. The Morgan fingerprint density at radius 1 is 1.21 bits per heavy atom. The SMILES string of the molecule is Cl.NC1(C(=O)N2CCC(C(=O)NCc3ccc(F)cc3)CC2)CC1. The molecule has 0 spiro atoms. The van der Waals surface area contributed by atoms with Crippen molar-refractivity contribution in [1.29, 1.82) is 0 Å². The second-order valence-electron chi connectivity index (χ2n) is 6.57. The van der Waals surface area contributed by atoms with Gasteiger partial charge in [0.15, 0.2) is 0 Å². The van der Waals surface area contributed by atoms with Gasteiger partial charge in [-0.05, 0) is 43.4 Å². The molecule has 2 aliphatic rings. The number of rotatable bonds is 4. The van der Waals surface area contributed by atoms with Crippen molar-refractivity contribution in [3.8, 4) is 0 Å². The van der Waals surface area contributed by atoms with E-state index in [0.29, 0.717) is 32.5 Å². The maximum atomic E-state index is 12.8. The van der Waals surface area contributed by atoms with Crippen molar-refractivity contribution in [2.75, 3.05) is 13.1 Å². The van der Waals surface area contributed by atoms with E-state index in [2.05, 4.69) is 5.32 Å². The zero-order chi connectivity index (χ0) is 16.4. The largest absolute Gasteiger partial charge is 0.352 e. The van der Waals surface area contributed by atoms with E-state index < -0.39 is 5.54 Å². The van der Waals surface area contributed by atoms with Crippen molar-refractivity contribution in [3.63, 3.8) is 0 Å². The number of carbonyl (C=O) groups excluding carboxylic acids is 2. The molecule has 1 aliphatic carbocycles. The molecule has 1 aromatic rings. The Morgan fingerprint density at radius 2 is 1.79 bits per heavy atom. The monoisotopic (exact) mass is 355 g/mol. The van der Waals surface area contributed by atoms with Crippen LogP contribution in [0.15, 0.2) is 24.3 Å². The Hall–Kier alpha value is -1.66. The van der Waals surface area contributed by atoms with Crippen molar-refractivity contribution in [2.24, 2.45) is 11.7 Å². The summed E-state index contributed by atoms with van der Waals surface area (Å²) in [6, 6.07) is 6.08. The topological polar surface area (TPSA) is 75.4 Å². The molecule has 3 rings (SSSR count). The van der Waals surface area contributed by atoms with Crippen molar-refractivity contribution >= 4 is 24.2 Å². The highest BCUT2D eigenvalue weighted by Gasteiger charge is 2.48. The van der Waals surface area contributed by atoms with E-state index in [-0.39, 0.29) is 36.0 Å². The fraction of sp³-hybridized carbons (Fsp3) is 0.529. The zero-order valence-corrected chi connectivity index (χ0v) is 14.3. The van der Waals surface area contributed by atoms with E-state index >= 15 is 0 Å². The van der Waals surface area contributed by atoms with E-state index in [1.54, 1.807) is 17.0 Å². The summed E-state index contributed by atoms with van der Waals surface area (Å²) in [6.45, 7) is 1.57. The number of benzene rings is 1. The summed E-state index contributed by atoms with van der Waals surface area (Å²) in [7, 11) is 0. The first kappa shape index (κ1) is 18.7. The van der Waals surface area contributed by atoms with Crippen LogP contribution >= 0.6 is 12.4 Å². The maximum absolute atomic E-state index is 12.8. The van der Waals surface area contributed by atoms with Crippen molar-refractivity contribution in [1.82, 2.24) is 10.2 Å². The Balaban J connectivity index is 0.00000208. The third-order valence-corrected chi connectivity index (χ3v) is 4.75. The van der Waals surface area contributed by atoms with Gasteiger partial charge in [0, 0.05) is 25.6 Å². The zero-order valence-electron chi connectivity index (χ0n) is 13.5. The van der Waals surface area contributed by atoms with Gasteiger partial charge in [-0.2, -0.15) is 0 Å². The molecule has 1 heterocycles. The number of nitrogens with zero attached hydrogens (tertiary/aromatic N) is 1. The van der Waals surface area contributed by atoms with Gasteiger partial charge in [-0.3, -0.25) is 9.59 Å². The van der Waals surface area contributed by atoms with E-state index in [1.807, 2.05) is 0 Å². The lowest BCUT2D eigenvalue weighted by Crippen LogP contribution is -2.50. The molecular weight excluding hydrogens is 333 g/mol. The standard InChI is InChI=1S/C17H22FN3O2.ClH/c18-14-3-1-12(2-4-14)11-20-15(22)13-5-9-21(10-6-13)16(23)17(19)7-8-17;/h1-4,13H,5-11,19H2,(H,20,22);1H. The fourth-order valence-electron chi connectivity index (χ4n) is 2.94. The van der Waals surface area contributed by atoms with Crippen molar-refractivity contribution in [2.45, 2.75) is 37.8 Å². The lowest BCUT2D eigenvalue weighted by molar-refractivity contribution is -0.137. The van der Waals surface area contributed by atoms with Crippen LogP contribution in [-0.2, 0) is 16.1 Å². The highest BCUT2D eigenvalue weighted by Crippen LogP contribution is 2.35. The molecule has 1 saturated heterocycles. The van der Waals surface area contributed by atoms with E-state index in [9.17, 15) is 14.0 Å². The molecule has 0 radical (unpaired) electrons. The Bertz CT molecular complexity index is 596. The summed E-state index contributed by atoms with van der Waals surface area (Å²) in [4.78, 5) is 26.2. The number of hydrogen-bond donors (Lipinski definition) is 2. The average molecular weight is 356 g/mol. The summed E-state index contributed by atoms with van der Waals surface area (Å²) >= 11 is 0. The number of likely N-dealkylation sites (tertiary alicyclic amines) is 1. The third kappa shape index (κ3) is 4.24. The molecule has 0 unspecified atom stereocenters. The molecule has 2 amide bonds. The molecule has 1 aliphatic heterocycles. The number of nitrogens with one attached hydrogen (secondary N) is 1. The van der Waals surface area contributed by atoms with Crippen LogP contribution in [-0.4, -0.2) is 35.3 Å². The quantitative estimate of drug-likeness (QED) is 0.861. The number of hydrogen-bond acceptors (Lipinski definition) is 3. The number of nitrogens with two attached hydrogens (primary N) is 1. The summed E-state index contributed by atoms with van der Waals surface area (Å²) in [5.74, 6) is -0.337. The van der Waals surface area contributed by atoms with Crippen LogP contribution in [0.4, 0.5) is 4.39 Å². The first-order valence-corrected chi connectivity index (χ1v) is 8.08. The highest BCUT2D eigenvalue weighted by molar-refractivity contribution is 5.89. The van der Waals surface area contributed by atoms with Crippen molar-refractivity contribution < 1.29 is 14.0 Å². The Morgan fingerprint density at radius 3 is 2.33 bits per heavy atom. The van der Waals surface area contributed by atoms with Crippen LogP contribution in [0.3, 0.4) is 0 Å². The van der Waals surface area contributed by atoms with Gasteiger partial charge in [-0.1, -0.05) is 12.1 Å². The molecule has 2 fully saturated rings. The van der Waals surface area contributed by atoms with Gasteiger partial charge in [0.2, 0.25) is 11.8 Å². The predicted molar refractivity (Wildman–Crippen MR) is 91.0 cm³/mol. The average Bonchev–Trinajstić information content (AvgIpc) is 3.32. The van der Waals surface area contributed by atoms with Crippen LogP contribution in [0, 0.1) is 11.7 Å². The maximum Gasteiger partial charge on any atom is 0.242 e. The summed E-state index contributed by atoms with van der Waals surface area (Å²) in [6.07, 6.45) is 2.86. The normalized spacial score (nSPS) is 19.3. The van der Waals surface area contributed by atoms with Gasteiger partial charge in [0.05, 0.1) is 5.54 Å². The molecule has 0 atom stereocenters. The van der Waals surface area contributed by atoms with Crippen LogP contribution < -0.4 is 11.1 Å². The van der Waals surface area contributed by atoms with Gasteiger partial charge in [0.25, 0.3) is 0 Å². The molecule has 0 bridgehead atoms. The van der Waals surface area contributed by atoms with Crippen molar-refractivity contribution in [3.05, 3.63) is 35.6 Å². The summed E-state index contributed by atoms with van der Waals surface area (Å²) in [5, 5.41) is 2.89. The van der Waals surface area contributed by atoms with E-state index in [1.165, 1.54) is 12.1 Å². The van der Waals surface area contributed by atoms with Crippen LogP contribution in [0.5, 0.6) is 0 Å². The Kier molecular flexibility index (Phi) is 5.83. The fourth-order valence-corrected chi connectivity index (χ4v) is 2.94. The minimum atomic E-state index is -0.627. The number of piperidine rings is 1. The second-order valence-corrected chi connectivity index (χ2v) is 6.57. The lowest BCUT2D eigenvalue weighted by atomic mass is 9.95. The number of amides is 2. The van der Waals surface area contributed by atoms with Gasteiger partial charge in [-0.15, -0.1) is 12.4 Å². The Labute approximate surface area is 147 Å². The first-order chi connectivity index (χ1) is 11.0. The molecule has 1 saturated carbocycles. The smallest absolute Gasteiger partial charge is 0.242 e. The molecule has 132 valence electrons. The predicted octanol–water partition coefficient (Wildman–Crippen LogP) is 1.59. The molecule has 0 aromatic heterocycles. The summed E-state index contributed by atoms with van der Waals surface area (Å²) < 4.78 is 12.8. The van der Waals surface area contributed by atoms with Crippen LogP contribution in [0.1, 0.15) is 31.2 Å². The van der Waals surface area contributed by atoms with Gasteiger partial charge >= 0.3 is 0 Å². The van der Waals surface area contributed by atoms with Gasteiger partial charge in [0.1, 0.15) is 5.82 Å². The highest BCUT2D eigenvalue weighted by atomic mass is 35.5. The molecule has 24 heavy (non-hydrogen) atoms. The molecular formula is C17H23ClFN3O2. The minimum absolute atomic E-state index is 0. The molecule has 3 N–H and O–H groups in total. The molecule has 5 nitrogen and oxygen atoms in total. The van der Waals surface area contributed by atoms with Crippen LogP contribution in [0.2, 0.25) is 0 Å². The van der Waals surface area contributed by atoms with Gasteiger partial charge < -0.3 is 16.0 Å². The van der Waals surface area contributed by atoms with Gasteiger partial charge in [-0.25, -0.2) is 4.39 Å². The minimum Gasteiger partial charge on any atom is -0.352 e.